The molecule has 5 nitrogen and oxygen atoms in total. The van der Waals surface area contributed by atoms with E-state index in [2.05, 4.69) is 10.6 Å². The van der Waals surface area contributed by atoms with Crippen LogP contribution in [0.25, 0.3) is 0 Å². The van der Waals surface area contributed by atoms with Crippen LogP contribution in [0, 0.1) is 0 Å². The molecule has 2 aromatic rings. The molecule has 1 heterocycles. The predicted molar refractivity (Wildman–Crippen MR) is 88.5 cm³/mol. The monoisotopic (exact) mass is 320 g/mol. The zero-order valence-corrected chi connectivity index (χ0v) is 13.4. The van der Waals surface area contributed by atoms with E-state index < -0.39 is 5.60 Å². The lowest BCUT2D eigenvalue weighted by Gasteiger charge is -2.22. The number of ether oxygens (including phenoxy) is 1. The van der Waals surface area contributed by atoms with Gasteiger partial charge in [-0.05, 0) is 37.4 Å². The third-order valence-corrected chi connectivity index (χ3v) is 4.17. The molecule has 0 bridgehead atoms. The molecule has 1 aromatic heterocycles. The molecule has 0 fully saturated rings. The average Bonchev–Trinajstić information content (AvgIpc) is 3.01. The molecule has 22 heavy (non-hydrogen) atoms. The molecule has 6 heteroatoms. The van der Waals surface area contributed by atoms with Crippen molar-refractivity contribution in [3.63, 3.8) is 0 Å². The molecule has 1 aromatic carbocycles. The second-order valence-corrected chi connectivity index (χ2v) is 5.97. The maximum Gasteiger partial charge on any atom is 0.319 e. The minimum absolute atomic E-state index is 0.129. The second kappa shape index (κ2) is 7.29. The zero-order valence-electron chi connectivity index (χ0n) is 12.6. The number of nitrogens with one attached hydrogen (secondary N) is 2. The number of amides is 2. The van der Waals surface area contributed by atoms with E-state index in [4.69, 9.17) is 4.74 Å². The standard InChI is InChI=1S/C16H20N2O3S/c1-3-21-13-7-4-6-12(10-13)18-15(19)17-11-16(2,20)14-8-5-9-22-14/h4-10,20H,3,11H2,1-2H3,(H2,17,18,19). The van der Waals surface area contributed by atoms with Crippen LogP contribution in [0.2, 0.25) is 0 Å². The predicted octanol–water partition coefficient (Wildman–Crippen LogP) is 3.18. The number of carbonyl (C=O) groups excluding carboxylic acids is 1. The fraction of sp³-hybridized carbons (Fsp3) is 0.312. The van der Waals surface area contributed by atoms with Gasteiger partial charge >= 0.3 is 6.03 Å². The number of carbonyl (C=O) groups is 1. The van der Waals surface area contributed by atoms with E-state index >= 15 is 0 Å². The van der Waals surface area contributed by atoms with Crippen LogP contribution in [0.15, 0.2) is 41.8 Å². The van der Waals surface area contributed by atoms with Crippen molar-refractivity contribution < 1.29 is 14.6 Å². The van der Waals surface area contributed by atoms with Gasteiger partial charge in [0.05, 0.1) is 13.2 Å². The number of anilines is 1. The first-order valence-electron chi connectivity index (χ1n) is 7.05. The summed E-state index contributed by atoms with van der Waals surface area (Å²) in [5.41, 5.74) is -0.446. The summed E-state index contributed by atoms with van der Waals surface area (Å²) in [7, 11) is 0. The summed E-state index contributed by atoms with van der Waals surface area (Å²) < 4.78 is 5.38. The molecule has 0 aliphatic carbocycles. The number of hydrogen-bond donors (Lipinski definition) is 3. The molecule has 1 unspecified atom stereocenters. The third-order valence-electron chi connectivity index (χ3n) is 3.05. The molecule has 0 saturated carbocycles. The van der Waals surface area contributed by atoms with Gasteiger partial charge in [0, 0.05) is 16.6 Å². The van der Waals surface area contributed by atoms with Gasteiger partial charge in [-0.3, -0.25) is 0 Å². The van der Waals surface area contributed by atoms with Crippen molar-refractivity contribution in [3.05, 3.63) is 46.7 Å². The summed E-state index contributed by atoms with van der Waals surface area (Å²) in [5, 5.41) is 17.6. The van der Waals surface area contributed by atoms with E-state index in [-0.39, 0.29) is 12.6 Å². The van der Waals surface area contributed by atoms with Crippen LogP contribution < -0.4 is 15.4 Å². The molecule has 0 spiro atoms. The van der Waals surface area contributed by atoms with Gasteiger partial charge in [-0.1, -0.05) is 12.1 Å². The summed E-state index contributed by atoms with van der Waals surface area (Å²) in [5.74, 6) is 0.700. The number of hydrogen-bond acceptors (Lipinski definition) is 4. The van der Waals surface area contributed by atoms with Crippen LogP contribution in [-0.2, 0) is 5.60 Å². The summed E-state index contributed by atoms with van der Waals surface area (Å²) in [6.45, 7) is 4.28. The minimum Gasteiger partial charge on any atom is -0.494 e. The maximum absolute atomic E-state index is 11.9. The van der Waals surface area contributed by atoms with Crippen LogP contribution in [0.5, 0.6) is 5.75 Å². The Morgan fingerprint density at radius 1 is 1.36 bits per heavy atom. The lowest BCUT2D eigenvalue weighted by molar-refractivity contribution is 0.0637. The van der Waals surface area contributed by atoms with Gasteiger partial charge < -0.3 is 20.5 Å². The molecule has 0 aliphatic heterocycles. The van der Waals surface area contributed by atoms with Crippen molar-refractivity contribution in [1.82, 2.24) is 5.32 Å². The third kappa shape index (κ3) is 4.47. The van der Waals surface area contributed by atoms with Crippen molar-refractivity contribution >= 4 is 23.1 Å². The smallest absolute Gasteiger partial charge is 0.319 e. The van der Waals surface area contributed by atoms with Crippen LogP contribution in [0.3, 0.4) is 0 Å². The van der Waals surface area contributed by atoms with Gasteiger partial charge in [0.2, 0.25) is 0 Å². The number of thiophene rings is 1. The lowest BCUT2D eigenvalue weighted by Crippen LogP contribution is -2.40. The average molecular weight is 320 g/mol. The Balaban J connectivity index is 1.89. The Bertz CT molecular complexity index is 612. The number of benzene rings is 1. The number of aliphatic hydroxyl groups is 1. The summed E-state index contributed by atoms with van der Waals surface area (Å²) in [6.07, 6.45) is 0. The summed E-state index contributed by atoms with van der Waals surface area (Å²) in [4.78, 5) is 12.7. The van der Waals surface area contributed by atoms with Crippen molar-refractivity contribution in [2.45, 2.75) is 19.4 Å². The van der Waals surface area contributed by atoms with E-state index in [0.29, 0.717) is 18.0 Å². The molecule has 0 radical (unpaired) electrons. The second-order valence-electron chi connectivity index (χ2n) is 5.02. The van der Waals surface area contributed by atoms with Crippen molar-refractivity contribution in [3.8, 4) is 5.75 Å². The van der Waals surface area contributed by atoms with Gasteiger partial charge in [-0.2, -0.15) is 0 Å². The topological polar surface area (TPSA) is 70.6 Å². The quantitative estimate of drug-likeness (QED) is 0.765. The van der Waals surface area contributed by atoms with E-state index in [1.54, 1.807) is 19.1 Å². The van der Waals surface area contributed by atoms with Crippen molar-refractivity contribution in [2.24, 2.45) is 0 Å². The highest BCUT2D eigenvalue weighted by molar-refractivity contribution is 7.10. The van der Waals surface area contributed by atoms with Gasteiger partial charge in [0.25, 0.3) is 0 Å². The Kier molecular flexibility index (Phi) is 5.41. The SMILES string of the molecule is CCOc1cccc(NC(=O)NCC(C)(O)c2cccs2)c1. The normalized spacial score (nSPS) is 13.2. The molecular formula is C16H20N2O3S. The zero-order chi connectivity index (χ0) is 16.0. The fourth-order valence-electron chi connectivity index (χ4n) is 1.93. The highest BCUT2D eigenvalue weighted by Crippen LogP contribution is 2.24. The van der Waals surface area contributed by atoms with E-state index in [1.807, 2.05) is 36.6 Å². The molecule has 118 valence electrons. The maximum atomic E-state index is 11.9. The number of urea groups is 1. The van der Waals surface area contributed by atoms with E-state index in [9.17, 15) is 9.90 Å². The van der Waals surface area contributed by atoms with Crippen LogP contribution in [0.4, 0.5) is 10.5 Å². The fourth-order valence-corrected chi connectivity index (χ4v) is 2.72. The van der Waals surface area contributed by atoms with Gasteiger partial charge in [-0.25, -0.2) is 4.79 Å². The van der Waals surface area contributed by atoms with Crippen molar-refractivity contribution in [2.75, 3.05) is 18.5 Å². The highest BCUT2D eigenvalue weighted by Gasteiger charge is 2.24. The van der Waals surface area contributed by atoms with Crippen LogP contribution in [0.1, 0.15) is 18.7 Å². The highest BCUT2D eigenvalue weighted by atomic mass is 32.1. The lowest BCUT2D eigenvalue weighted by atomic mass is 10.1. The van der Waals surface area contributed by atoms with Crippen LogP contribution >= 0.6 is 11.3 Å². The largest absolute Gasteiger partial charge is 0.494 e. The Labute approximate surface area is 133 Å². The van der Waals surface area contributed by atoms with Gasteiger partial charge in [0.15, 0.2) is 0 Å². The minimum atomic E-state index is -1.08. The molecule has 2 rings (SSSR count). The Hall–Kier alpha value is -2.05. The van der Waals surface area contributed by atoms with E-state index in [1.165, 1.54) is 11.3 Å². The van der Waals surface area contributed by atoms with Gasteiger partial charge in [0.1, 0.15) is 11.4 Å². The first-order valence-corrected chi connectivity index (χ1v) is 7.93. The Morgan fingerprint density at radius 2 is 2.18 bits per heavy atom. The molecular weight excluding hydrogens is 300 g/mol. The first kappa shape index (κ1) is 16.3. The first-order chi connectivity index (χ1) is 10.5. The molecule has 0 aliphatic rings. The summed E-state index contributed by atoms with van der Waals surface area (Å²) >= 11 is 1.45. The molecule has 0 saturated heterocycles. The Morgan fingerprint density at radius 3 is 2.86 bits per heavy atom. The van der Waals surface area contributed by atoms with Crippen LogP contribution in [-0.4, -0.2) is 24.3 Å². The summed E-state index contributed by atoms with van der Waals surface area (Å²) in [6, 6.07) is 10.5. The molecule has 3 N–H and O–H groups in total. The van der Waals surface area contributed by atoms with Gasteiger partial charge in [-0.15, -0.1) is 11.3 Å². The molecule has 2 amide bonds. The number of rotatable bonds is 6. The molecule has 1 atom stereocenters. The van der Waals surface area contributed by atoms with Crippen molar-refractivity contribution in [1.29, 1.82) is 0 Å². The van der Waals surface area contributed by atoms with E-state index in [0.717, 1.165) is 4.88 Å².